The molecule has 0 radical (unpaired) electrons. The lowest BCUT2D eigenvalue weighted by Crippen LogP contribution is -2.59. The molecule has 0 spiro atoms. The van der Waals surface area contributed by atoms with E-state index in [1.165, 1.54) is 22.1 Å². The van der Waals surface area contributed by atoms with Gasteiger partial charge in [-0.05, 0) is 79.7 Å². The van der Waals surface area contributed by atoms with E-state index in [4.69, 9.17) is 14.5 Å². The molecule has 12 nitrogen and oxygen atoms in total. The number of carbonyl (C=O) groups excluding carboxylic acids is 3. The molecule has 14 heteroatoms. The lowest BCUT2D eigenvalue weighted by molar-refractivity contribution is 0.00564. The molecular formula is C33H42FN7O5S. The lowest BCUT2D eigenvalue weighted by Gasteiger charge is -2.45. The quantitative estimate of drug-likeness (QED) is 0.249. The first-order valence-electron chi connectivity index (χ1n) is 15.5. The Morgan fingerprint density at radius 3 is 2.30 bits per heavy atom. The molecule has 0 bridgehead atoms. The fourth-order valence-electron chi connectivity index (χ4n) is 5.68. The number of carbonyl (C=O) groups is 3. The summed E-state index contributed by atoms with van der Waals surface area (Å²) in [5, 5.41) is 10.8. The van der Waals surface area contributed by atoms with Crippen molar-refractivity contribution in [3.63, 3.8) is 0 Å². The van der Waals surface area contributed by atoms with Gasteiger partial charge in [-0.1, -0.05) is 0 Å². The molecule has 3 heterocycles. The van der Waals surface area contributed by atoms with Crippen LogP contribution in [0.4, 0.5) is 25.4 Å². The number of ether oxygens (including phenoxy) is 2. The van der Waals surface area contributed by atoms with Gasteiger partial charge in [0.15, 0.2) is 5.82 Å². The summed E-state index contributed by atoms with van der Waals surface area (Å²) in [6, 6.07) is 6.15. The largest absolute Gasteiger partial charge is 0.444 e. The summed E-state index contributed by atoms with van der Waals surface area (Å²) in [5.41, 5.74) is 0.819. The molecule has 2 atom stereocenters. The average Bonchev–Trinajstić information content (AvgIpc) is 3.52. The fourth-order valence-corrected chi connectivity index (χ4v) is 6.75. The molecule has 1 saturated heterocycles. The van der Waals surface area contributed by atoms with Crippen molar-refractivity contribution in [2.75, 3.05) is 23.3 Å². The molecule has 0 aliphatic carbocycles. The molecule has 47 heavy (non-hydrogen) atoms. The average molecular weight is 668 g/mol. The highest BCUT2D eigenvalue weighted by Crippen LogP contribution is 2.37. The number of amides is 3. The minimum Gasteiger partial charge on any atom is -0.444 e. The van der Waals surface area contributed by atoms with E-state index in [0.29, 0.717) is 34.6 Å². The number of piperazine rings is 1. The maximum absolute atomic E-state index is 14.8. The number of nitrogens with one attached hydrogen (secondary N) is 2. The molecule has 1 aliphatic heterocycles. The molecular weight excluding hydrogens is 625 g/mol. The lowest BCUT2D eigenvalue weighted by atomic mass is 10.1. The molecule has 1 aliphatic rings. The molecule has 3 amide bonds. The molecule has 2 aromatic heterocycles. The van der Waals surface area contributed by atoms with Crippen molar-refractivity contribution in [1.82, 2.24) is 25.0 Å². The second kappa shape index (κ2) is 12.6. The van der Waals surface area contributed by atoms with Crippen molar-refractivity contribution in [2.24, 2.45) is 7.05 Å². The van der Waals surface area contributed by atoms with Gasteiger partial charge in [0, 0.05) is 37.4 Å². The Kier molecular flexibility index (Phi) is 9.10. The Morgan fingerprint density at radius 1 is 1.00 bits per heavy atom. The zero-order chi connectivity index (χ0) is 34.4. The predicted octanol–water partition coefficient (Wildman–Crippen LogP) is 6.43. The molecule has 252 valence electrons. The van der Waals surface area contributed by atoms with E-state index < -0.39 is 29.0 Å². The third-order valence-corrected chi connectivity index (χ3v) is 8.47. The van der Waals surface area contributed by atoms with Gasteiger partial charge in [0.2, 0.25) is 0 Å². The number of anilines is 2. The number of aryl methyl sites for hydroxylation is 1. The van der Waals surface area contributed by atoms with E-state index in [1.807, 2.05) is 40.7 Å². The number of aromatic nitrogens is 3. The van der Waals surface area contributed by atoms with Crippen LogP contribution in [0.2, 0.25) is 0 Å². The van der Waals surface area contributed by atoms with Crippen LogP contribution >= 0.6 is 11.3 Å². The van der Waals surface area contributed by atoms with E-state index in [9.17, 15) is 18.8 Å². The van der Waals surface area contributed by atoms with Crippen LogP contribution in [0.15, 0.2) is 30.5 Å². The third kappa shape index (κ3) is 7.75. The molecule has 2 N–H and O–H groups in total. The van der Waals surface area contributed by atoms with Crippen LogP contribution < -0.4 is 15.5 Å². The van der Waals surface area contributed by atoms with Gasteiger partial charge in [0.1, 0.15) is 21.7 Å². The van der Waals surface area contributed by atoms with Crippen molar-refractivity contribution in [2.45, 2.75) is 85.2 Å². The second-order valence-electron chi connectivity index (χ2n) is 13.9. The van der Waals surface area contributed by atoms with Crippen LogP contribution in [0.5, 0.6) is 0 Å². The second-order valence-corrected chi connectivity index (χ2v) is 15.0. The van der Waals surface area contributed by atoms with Crippen LogP contribution in [0.25, 0.3) is 21.1 Å². The van der Waals surface area contributed by atoms with Gasteiger partial charge in [-0.15, -0.1) is 11.3 Å². The summed E-state index contributed by atoms with van der Waals surface area (Å²) in [6.07, 6.45) is 0.739. The van der Waals surface area contributed by atoms with Crippen molar-refractivity contribution in [3.8, 4) is 0 Å². The summed E-state index contributed by atoms with van der Waals surface area (Å²) >= 11 is 1.36. The van der Waals surface area contributed by atoms with Gasteiger partial charge in [0.05, 0.1) is 40.1 Å². The fraction of sp³-hybridized carbons (Fsp3) is 0.485. The normalized spacial score (nSPS) is 17.2. The molecule has 5 rings (SSSR count). The first-order valence-corrected chi connectivity index (χ1v) is 16.3. The van der Waals surface area contributed by atoms with Gasteiger partial charge in [0.25, 0.3) is 5.91 Å². The maximum Gasteiger partial charge on any atom is 0.410 e. The number of rotatable bonds is 5. The third-order valence-electron chi connectivity index (χ3n) is 7.39. The van der Waals surface area contributed by atoms with Crippen LogP contribution in [-0.2, 0) is 23.1 Å². The summed E-state index contributed by atoms with van der Waals surface area (Å²) in [4.78, 5) is 47.8. The van der Waals surface area contributed by atoms with Crippen LogP contribution in [0, 0.1) is 5.82 Å². The maximum atomic E-state index is 14.8. The van der Waals surface area contributed by atoms with Gasteiger partial charge in [-0.25, -0.2) is 19.0 Å². The van der Waals surface area contributed by atoms with Gasteiger partial charge < -0.3 is 25.0 Å². The first kappa shape index (κ1) is 33.9. The van der Waals surface area contributed by atoms with E-state index in [2.05, 4.69) is 20.6 Å². The number of fused-ring (bicyclic) bond motifs is 2. The number of alkyl carbamates (subject to hydrolysis) is 1. The van der Waals surface area contributed by atoms with Crippen molar-refractivity contribution < 1.29 is 28.2 Å². The Labute approximate surface area is 277 Å². The Morgan fingerprint density at radius 2 is 1.66 bits per heavy atom. The Bertz CT molecular complexity index is 1830. The van der Waals surface area contributed by atoms with E-state index in [1.54, 1.807) is 51.0 Å². The Hall–Kier alpha value is -4.46. The topological polar surface area (TPSA) is 131 Å². The molecule has 0 unspecified atom stereocenters. The van der Waals surface area contributed by atoms with E-state index in [0.717, 1.165) is 10.4 Å². The Balaban J connectivity index is 1.46. The monoisotopic (exact) mass is 667 g/mol. The van der Waals surface area contributed by atoms with Crippen LogP contribution in [0.1, 0.15) is 70.8 Å². The zero-order valence-corrected chi connectivity index (χ0v) is 29.0. The number of thiazole rings is 1. The van der Waals surface area contributed by atoms with Crippen molar-refractivity contribution in [3.05, 3.63) is 46.9 Å². The van der Waals surface area contributed by atoms with Gasteiger partial charge in [-0.3, -0.25) is 14.4 Å². The first-order chi connectivity index (χ1) is 21.9. The molecule has 4 aromatic rings. The van der Waals surface area contributed by atoms with Crippen LogP contribution in [0.3, 0.4) is 0 Å². The van der Waals surface area contributed by atoms with Gasteiger partial charge >= 0.3 is 12.2 Å². The van der Waals surface area contributed by atoms with Crippen LogP contribution in [-0.4, -0.2) is 74.1 Å². The van der Waals surface area contributed by atoms with Crippen molar-refractivity contribution >= 4 is 61.9 Å². The molecule has 2 aromatic carbocycles. The summed E-state index contributed by atoms with van der Waals surface area (Å²) in [6.45, 7) is 16.0. The number of benzene rings is 2. The number of hydrogen-bond acceptors (Lipinski definition) is 9. The highest BCUT2D eigenvalue weighted by molar-refractivity contribution is 7.19. The highest BCUT2D eigenvalue weighted by atomic mass is 32.1. The summed E-state index contributed by atoms with van der Waals surface area (Å²) in [5.74, 6) is -1.01. The number of halogens is 1. The predicted molar refractivity (Wildman–Crippen MR) is 181 cm³/mol. The summed E-state index contributed by atoms with van der Waals surface area (Å²) < 4.78 is 28.1. The van der Waals surface area contributed by atoms with Gasteiger partial charge in [-0.2, -0.15) is 5.10 Å². The summed E-state index contributed by atoms with van der Waals surface area (Å²) in [7, 11) is 1.70. The standard InChI is InChI=1S/C33H42FN7O5S/c1-18-15-40(16-19(2)41(18)31(44)46-33(6,7)8)24-11-10-22(27-28(24)47-25(37-27)14-35-30(43)45-32(3,4)5)29(42)36-21-12-20-17-39(9)38-26(20)23(34)13-21/h10-13,17-19H,14-16H2,1-9H3,(H,35,43)(H,36,42)/t18-,19-/m0/s1. The molecule has 0 saturated carbocycles. The van der Waals surface area contributed by atoms with E-state index >= 15 is 0 Å². The minimum atomic E-state index is -0.663. The number of hydrogen-bond donors (Lipinski definition) is 2. The number of nitrogens with zero attached hydrogens (tertiary/aromatic N) is 5. The SMILES string of the molecule is C[C@H]1CN(c2ccc(C(=O)Nc3cc(F)c4nn(C)cc4c3)c3nc(CNC(=O)OC(C)(C)C)sc23)C[C@H](C)N1C(=O)OC(C)(C)C. The van der Waals surface area contributed by atoms with Crippen molar-refractivity contribution in [1.29, 1.82) is 0 Å². The zero-order valence-electron chi connectivity index (χ0n) is 28.2. The molecule has 1 fully saturated rings. The highest BCUT2D eigenvalue weighted by Gasteiger charge is 2.36. The smallest absolute Gasteiger partial charge is 0.410 e. The van der Waals surface area contributed by atoms with E-state index in [-0.39, 0.29) is 35.9 Å². The minimum absolute atomic E-state index is 0.0941.